The lowest BCUT2D eigenvalue weighted by Gasteiger charge is -2.01. The van der Waals surface area contributed by atoms with Crippen molar-refractivity contribution in [1.29, 1.82) is 0 Å². The molecular weight excluding hydrogens is 374 g/mol. The first-order chi connectivity index (χ1) is 12.6. The number of hydrogen-bond acceptors (Lipinski definition) is 6. The van der Waals surface area contributed by atoms with Gasteiger partial charge in [-0.3, -0.25) is 4.79 Å². The van der Waals surface area contributed by atoms with Crippen molar-refractivity contribution in [2.45, 2.75) is 19.8 Å². The van der Waals surface area contributed by atoms with E-state index < -0.39 is 0 Å². The van der Waals surface area contributed by atoms with Gasteiger partial charge in [0.25, 0.3) is 0 Å². The summed E-state index contributed by atoms with van der Waals surface area (Å²) >= 11 is 7.26. The maximum atomic E-state index is 12.2. The van der Waals surface area contributed by atoms with Gasteiger partial charge in [0, 0.05) is 22.8 Å². The lowest BCUT2D eigenvalue weighted by molar-refractivity contribution is -0.116. The molecule has 1 N–H and O–H groups in total. The van der Waals surface area contributed by atoms with Crippen molar-refractivity contribution >= 4 is 44.9 Å². The smallest absolute Gasteiger partial charge is 0.229 e. The molecular formula is C18H14ClN3O3S. The van der Waals surface area contributed by atoms with Crippen LogP contribution in [-0.2, 0) is 11.2 Å². The van der Waals surface area contributed by atoms with Gasteiger partial charge in [0.1, 0.15) is 11.3 Å². The molecule has 3 heterocycles. The summed E-state index contributed by atoms with van der Waals surface area (Å²) in [6, 6.07) is 9.71. The highest BCUT2D eigenvalue weighted by molar-refractivity contribution is 7.14. The Morgan fingerprint density at radius 1 is 1.35 bits per heavy atom. The van der Waals surface area contributed by atoms with Crippen LogP contribution < -0.4 is 5.32 Å². The number of halogens is 1. The van der Waals surface area contributed by atoms with Crippen molar-refractivity contribution in [2.75, 3.05) is 5.32 Å². The zero-order chi connectivity index (χ0) is 18.1. The lowest BCUT2D eigenvalue weighted by Crippen LogP contribution is -2.12. The molecule has 0 atom stereocenters. The highest BCUT2D eigenvalue weighted by Crippen LogP contribution is 2.30. The molecule has 0 saturated heterocycles. The molecule has 0 aliphatic carbocycles. The van der Waals surface area contributed by atoms with E-state index in [9.17, 15) is 4.79 Å². The molecule has 8 heteroatoms. The summed E-state index contributed by atoms with van der Waals surface area (Å²) in [6.07, 6.45) is 0.725. The number of aromatic nitrogens is 2. The fourth-order valence-corrected chi connectivity index (χ4v) is 3.59. The molecule has 4 aromatic rings. The first-order valence-electron chi connectivity index (χ1n) is 7.95. The second-order valence-corrected chi connectivity index (χ2v) is 6.96. The van der Waals surface area contributed by atoms with Crippen LogP contribution in [0, 0.1) is 6.92 Å². The molecule has 0 aliphatic heterocycles. The molecule has 0 spiro atoms. The summed E-state index contributed by atoms with van der Waals surface area (Å²) in [7, 11) is 0. The van der Waals surface area contributed by atoms with Crippen LogP contribution >= 0.6 is 22.9 Å². The third-order valence-corrected chi connectivity index (χ3v) is 5.02. The van der Waals surface area contributed by atoms with Crippen molar-refractivity contribution < 1.29 is 13.7 Å². The standard InChI is InChI=1S/C18H14ClN3O3S/c1-10-12(17(19)25-22-10)6-7-16(23)21-18-20-13(9-26-18)15-8-11-4-2-3-5-14(11)24-15/h2-5,8-9H,6-7H2,1H3,(H,20,21,23). The van der Waals surface area contributed by atoms with Gasteiger partial charge in [-0.1, -0.05) is 23.4 Å². The highest BCUT2D eigenvalue weighted by Gasteiger charge is 2.15. The number of thiazole rings is 1. The van der Waals surface area contributed by atoms with Crippen LogP contribution in [0.25, 0.3) is 22.4 Å². The Hall–Kier alpha value is -2.64. The maximum absolute atomic E-state index is 12.2. The SMILES string of the molecule is Cc1noc(Cl)c1CCC(=O)Nc1nc(-c2cc3ccccc3o2)cs1. The zero-order valence-electron chi connectivity index (χ0n) is 13.8. The lowest BCUT2D eigenvalue weighted by atomic mass is 10.1. The summed E-state index contributed by atoms with van der Waals surface area (Å²) in [4.78, 5) is 16.6. The van der Waals surface area contributed by atoms with Gasteiger partial charge in [0.05, 0.1) is 5.69 Å². The molecule has 26 heavy (non-hydrogen) atoms. The van der Waals surface area contributed by atoms with Gasteiger partial charge < -0.3 is 14.3 Å². The summed E-state index contributed by atoms with van der Waals surface area (Å²) in [5, 5.41) is 10.2. The summed E-state index contributed by atoms with van der Waals surface area (Å²) < 4.78 is 10.7. The number of nitrogens with zero attached hydrogens (tertiary/aromatic N) is 2. The highest BCUT2D eigenvalue weighted by atomic mass is 35.5. The van der Waals surface area contributed by atoms with Crippen LogP contribution in [0.4, 0.5) is 5.13 Å². The van der Waals surface area contributed by atoms with E-state index in [1.54, 1.807) is 6.92 Å². The van der Waals surface area contributed by atoms with Crippen LogP contribution in [0.1, 0.15) is 17.7 Å². The van der Waals surface area contributed by atoms with E-state index in [0.717, 1.165) is 16.5 Å². The quantitative estimate of drug-likeness (QED) is 0.516. The third-order valence-electron chi connectivity index (χ3n) is 3.97. The molecule has 0 fully saturated rings. The fourth-order valence-electron chi connectivity index (χ4n) is 2.61. The van der Waals surface area contributed by atoms with Crippen LogP contribution in [0.15, 0.2) is 44.7 Å². The van der Waals surface area contributed by atoms with E-state index in [1.807, 2.05) is 35.7 Å². The van der Waals surface area contributed by atoms with Crippen LogP contribution in [0.2, 0.25) is 5.22 Å². The Morgan fingerprint density at radius 3 is 2.96 bits per heavy atom. The Labute approximate surface area is 157 Å². The van der Waals surface area contributed by atoms with Crippen LogP contribution in [0.5, 0.6) is 0 Å². The number of amides is 1. The van der Waals surface area contributed by atoms with E-state index in [4.69, 9.17) is 20.5 Å². The third kappa shape index (κ3) is 3.36. The van der Waals surface area contributed by atoms with E-state index in [2.05, 4.69) is 15.5 Å². The molecule has 0 unspecified atom stereocenters. The monoisotopic (exact) mass is 387 g/mol. The molecule has 0 radical (unpaired) electrons. The predicted octanol–water partition coefficient (Wildman–Crippen LogP) is 5.08. The second kappa shape index (κ2) is 6.93. The van der Waals surface area contributed by atoms with E-state index in [-0.39, 0.29) is 17.5 Å². The average molecular weight is 388 g/mol. The van der Waals surface area contributed by atoms with Crippen molar-refractivity contribution in [3.8, 4) is 11.5 Å². The number of nitrogens with one attached hydrogen (secondary N) is 1. The van der Waals surface area contributed by atoms with E-state index in [1.165, 1.54) is 11.3 Å². The number of benzene rings is 1. The molecule has 0 saturated carbocycles. The minimum Gasteiger partial charge on any atom is -0.454 e. The molecule has 132 valence electrons. The average Bonchev–Trinajstić information content (AvgIpc) is 3.32. The number of carbonyl (C=O) groups excluding carboxylic acids is 1. The topological polar surface area (TPSA) is 81.2 Å². The van der Waals surface area contributed by atoms with Gasteiger partial charge in [-0.05, 0) is 37.1 Å². The van der Waals surface area contributed by atoms with Gasteiger partial charge in [0.2, 0.25) is 11.1 Å². The van der Waals surface area contributed by atoms with Gasteiger partial charge in [-0.25, -0.2) is 4.98 Å². The van der Waals surface area contributed by atoms with E-state index in [0.29, 0.717) is 28.7 Å². The molecule has 1 aromatic carbocycles. The molecule has 6 nitrogen and oxygen atoms in total. The summed E-state index contributed by atoms with van der Waals surface area (Å²) in [6.45, 7) is 1.79. The van der Waals surface area contributed by atoms with Crippen LogP contribution in [-0.4, -0.2) is 16.0 Å². The van der Waals surface area contributed by atoms with Crippen molar-refractivity contribution in [2.24, 2.45) is 0 Å². The van der Waals surface area contributed by atoms with Gasteiger partial charge in [-0.2, -0.15) is 0 Å². The summed E-state index contributed by atoms with van der Waals surface area (Å²) in [5.41, 5.74) is 2.95. The maximum Gasteiger partial charge on any atom is 0.229 e. The van der Waals surface area contributed by atoms with Crippen molar-refractivity contribution in [3.05, 3.63) is 52.2 Å². The second-order valence-electron chi connectivity index (χ2n) is 5.75. The molecule has 3 aromatic heterocycles. The Bertz CT molecular complexity index is 1030. The predicted molar refractivity (Wildman–Crippen MR) is 101 cm³/mol. The van der Waals surface area contributed by atoms with Gasteiger partial charge in [0.15, 0.2) is 10.9 Å². The largest absolute Gasteiger partial charge is 0.454 e. The number of furan rings is 1. The minimum atomic E-state index is -0.146. The van der Waals surface area contributed by atoms with Crippen molar-refractivity contribution in [1.82, 2.24) is 10.1 Å². The number of para-hydroxylation sites is 1. The number of anilines is 1. The Morgan fingerprint density at radius 2 is 2.19 bits per heavy atom. The first-order valence-corrected chi connectivity index (χ1v) is 9.21. The van der Waals surface area contributed by atoms with E-state index >= 15 is 0 Å². The van der Waals surface area contributed by atoms with Crippen molar-refractivity contribution in [3.63, 3.8) is 0 Å². The Balaban J connectivity index is 1.42. The van der Waals surface area contributed by atoms with Crippen LogP contribution in [0.3, 0.4) is 0 Å². The van der Waals surface area contributed by atoms with Gasteiger partial charge >= 0.3 is 0 Å². The molecule has 0 aliphatic rings. The molecule has 1 amide bonds. The number of rotatable bonds is 5. The fraction of sp³-hybridized carbons (Fsp3) is 0.167. The number of aryl methyl sites for hydroxylation is 1. The summed E-state index contributed by atoms with van der Waals surface area (Å²) in [5.74, 6) is 0.530. The molecule has 0 bridgehead atoms. The molecule has 4 rings (SSSR count). The number of hydrogen-bond donors (Lipinski definition) is 1. The number of carbonyl (C=O) groups is 1. The zero-order valence-corrected chi connectivity index (χ0v) is 15.4. The minimum absolute atomic E-state index is 0.146. The number of fused-ring (bicyclic) bond motifs is 1. The first kappa shape index (κ1) is 16.8. The normalized spacial score (nSPS) is 11.2. The van der Waals surface area contributed by atoms with Gasteiger partial charge in [-0.15, -0.1) is 11.3 Å². The Kier molecular flexibility index (Phi) is 4.48.